The van der Waals surface area contributed by atoms with Crippen molar-refractivity contribution < 1.29 is 14.0 Å². The molecule has 1 aliphatic heterocycles. The zero-order valence-electron chi connectivity index (χ0n) is 9.52. The first-order valence-corrected chi connectivity index (χ1v) is 5.51. The van der Waals surface area contributed by atoms with Crippen LogP contribution < -0.4 is 4.90 Å². The van der Waals surface area contributed by atoms with E-state index in [4.69, 9.17) is 0 Å². The molecule has 1 aromatic rings. The van der Waals surface area contributed by atoms with Crippen molar-refractivity contribution in [1.82, 2.24) is 4.90 Å². The summed E-state index contributed by atoms with van der Waals surface area (Å²) in [7, 11) is 0. The molecule has 5 heteroatoms. The Hall–Kier alpha value is -1.91. The molecule has 4 nitrogen and oxygen atoms in total. The molecule has 0 bridgehead atoms. The number of carbonyl (C=O) groups excluding carboxylic acids is 2. The Kier molecular flexibility index (Phi) is 3.08. The number of rotatable bonds is 2. The average molecular weight is 236 g/mol. The molecule has 3 amide bonds. The van der Waals surface area contributed by atoms with Crippen LogP contribution in [0, 0.1) is 5.82 Å². The van der Waals surface area contributed by atoms with Crippen LogP contribution in [0.5, 0.6) is 0 Å². The topological polar surface area (TPSA) is 40.6 Å². The van der Waals surface area contributed by atoms with E-state index >= 15 is 0 Å². The van der Waals surface area contributed by atoms with E-state index in [0.29, 0.717) is 25.2 Å². The van der Waals surface area contributed by atoms with Crippen molar-refractivity contribution in [2.45, 2.75) is 13.3 Å². The molecule has 1 saturated heterocycles. The molecule has 0 aromatic heterocycles. The van der Waals surface area contributed by atoms with Crippen LogP contribution in [0.25, 0.3) is 0 Å². The van der Waals surface area contributed by atoms with Crippen molar-refractivity contribution in [3.05, 3.63) is 30.1 Å². The molecule has 17 heavy (non-hydrogen) atoms. The summed E-state index contributed by atoms with van der Waals surface area (Å²) in [5.41, 5.74) is 0.416. The van der Waals surface area contributed by atoms with E-state index in [2.05, 4.69) is 0 Å². The number of carbonyl (C=O) groups is 2. The van der Waals surface area contributed by atoms with Gasteiger partial charge in [0.15, 0.2) is 0 Å². The molecular weight excluding hydrogens is 223 g/mol. The summed E-state index contributed by atoms with van der Waals surface area (Å²) in [4.78, 5) is 26.4. The van der Waals surface area contributed by atoms with E-state index in [1.165, 1.54) is 24.3 Å². The SMILES string of the molecule is CCN1CCC(=O)N(c2ccc(F)cc2)C1=O. The molecule has 90 valence electrons. The second-order valence-corrected chi connectivity index (χ2v) is 3.82. The molecule has 0 atom stereocenters. The molecule has 0 spiro atoms. The zero-order chi connectivity index (χ0) is 12.4. The highest BCUT2D eigenvalue weighted by Crippen LogP contribution is 2.21. The Bertz CT molecular complexity index is 444. The number of hydrogen-bond acceptors (Lipinski definition) is 2. The maximum absolute atomic E-state index is 12.8. The predicted octanol–water partition coefficient (Wildman–Crippen LogP) is 2.00. The second kappa shape index (κ2) is 4.53. The van der Waals surface area contributed by atoms with Crippen LogP contribution in [0.1, 0.15) is 13.3 Å². The predicted molar refractivity (Wildman–Crippen MR) is 61.1 cm³/mol. The van der Waals surface area contributed by atoms with E-state index in [-0.39, 0.29) is 11.9 Å². The summed E-state index contributed by atoms with van der Waals surface area (Å²) >= 11 is 0. The van der Waals surface area contributed by atoms with E-state index in [1.807, 2.05) is 6.92 Å². The van der Waals surface area contributed by atoms with Gasteiger partial charge in [-0.1, -0.05) is 0 Å². The van der Waals surface area contributed by atoms with E-state index in [1.54, 1.807) is 4.90 Å². The van der Waals surface area contributed by atoms with Crippen LogP contribution in [0.4, 0.5) is 14.9 Å². The molecule has 2 rings (SSSR count). The molecule has 0 aliphatic carbocycles. The first kappa shape index (κ1) is 11.6. The first-order chi connectivity index (χ1) is 8.13. The van der Waals surface area contributed by atoms with Gasteiger partial charge in [0, 0.05) is 19.5 Å². The highest BCUT2D eigenvalue weighted by molar-refractivity contribution is 6.15. The molecule has 0 radical (unpaired) electrons. The monoisotopic (exact) mass is 236 g/mol. The number of nitrogens with zero attached hydrogens (tertiary/aromatic N) is 2. The lowest BCUT2D eigenvalue weighted by Crippen LogP contribution is -2.52. The fraction of sp³-hybridized carbons (Fsp3) is 0.333. The minimum atomic E-state index is -0.391. The zero-order valence-corrected chi connectivity index (χ0v) is 9.52. The second-order valence-electron chi connectivity index (χ2n) is 3.82. The third-order valence-electron chi connectivity index (χ3n) is 2.77. The molecule has 1 heterocycles. The first-order valence-electron chi connectivity index (χ1n) is 5.51. The number of amides is 3. The van der Waals surface area contributed by atoms with Gasteiger partial charge in [0.05, 0.1) is 5.69 Å². The lowest BCUT2D eigenvalue weighted by molar-refractivity contribution is -0.119. The molecule has 0 saturated carbocycles. The Balaban J connectivity index is 2.31. The lowest BCUT2D eigenvalue weighted by atomic mass is 10.2. The Morgan fingerprint density at radius 3 is 2.47 bits per heavy atom. The minimum absolute atomic E-state index is 0.244. The van der Waals surface area contributed by atoms with Crippen molar-refractivity contribution in [1.29, 1.82) is 0 Å². The Morgan fingerprint density at radius 1 is 1.24 bits per heavy atom. The number of benzene rings is 1. The van der Waals surface area contributed by atoms with Crippen molar-refractivity contribution in [2.75, 3.05) is 18.0 Å². The van der Waals surface area contributed by atoms with Crippen LogP contribution in [0.15, 0.2) is 24.3 Å². The maximum atomic E-state index is 12.8. The Labute approximate surface area is 98.6 Å². The summed E-state index contributed by atoms with van der Waals surface area (Å²) < 4.78 is 12.8. The van der Waals surface area contributed by atoms with Gasteiger partial charge in [-0.3, -0.25) is 4.79 Å². The summed E-state index contributed by atoms with van der Waals surface area (Å²) in [6.07, 6.45) is 0.303. The van der Waals surface area contributed by atoms with Gasteiger partial charge < -0.3 is 4.90 Å². The van der Waals surface area contributed by atoms with Gasteiger partial charge in [-0.05, 0) is 31.2 Å². The summed E-state index contributed by atoms with van der Waals surface area (Å²) in [5.74, 6) is -0.635. The highest BCUT2D eigenvalue weighted by Gasteiger charge is 2.32. The van der Waals surface area contributed by atoms with Crippen LogP contribution in [-0.2, 0) is 4.79 Å². The number of halogens is 1. The standard InChI is InChI=1S/C12H13FN2O2/c1-2-14-8-7-11(16)15(12(14)17)10-5-3-9(13)4-6-10/h3-6H,2,7-8H2,1H3. The quantitative estimate of drug-likeness (QED) is 0.788. The van der Waals surface area contributed by atoms with Crippen LogP contribution in [0.3, 0.4) is 0 Å². The summed E-state index contributed by atoms with van der Waals surface area (Å²) in [6.45, 7) is 2.87. The van der Waals surface area contributed by atoms with E-state index in [9.17, 15) is 14.0 Å². The van der Waals surface area contributed by atoms with Crippen LogP contribution in [-0.4, -0.2) is 29.9 Å². The fourth-order valence-corrected chi connectivity index (χ4v) is 1.82. The summed E-state index contributed by atoms with van der Waals surface area (Å²) in [6, 6.07) is 5.01. The minimum Gasteiger partial charge on any atom is -0.324 e. The fourth-order valence-electron chi connectivity index (χ4n) is 1.82. The Morgan fingerprint density at radius 2 is 1.88 bits per heavy atom. The van der Waals surface area contributed by atoms with Gasteiger partial charge in [0.1, 0.15) is 5.82 Å². The van der Waals surface area contributed by atoms with Gasteiger partial charge in [-0.15, -0.1) is 0 Å². The van der Waals surface area contributed by atoms with E-state index in [0.717, 1.165) is 4.90 Å². The smallest absolute Gasteiger partial charge is 0.324 e. The van der Waals surface area contributed by atoms with Crippen molar-refractivity contribution in [3.8, 4) is 0 Å². The van der Waals surface area contributed by atoms with Gasteiger partial charge in [0.25, 0.3) is 0 Å². The summed E-state index contributed by atoms with van der Waals surface area (Å²) in [5, 5.41) is 0. The van der Waals surface area contributed by atoms with Gasteiger partial charge >= 0.3 is 6.03 Å². The van der Waals surface area contributed by atoms with Crippen molar-refractivity contribution >= 4 is 17.6 Å². The molecule has 0 unspecified atom stereocenters. The molecular formula is C12H13FN2O2. The number of hydrogen-bond donors (Lipinski definition) is 0. The van der Waals surface area contributed by atoms with Gasteiger partial charge in [-0.25, -0.2) is 14.1 Å². The third-order valence-corrected chi connectivity index (χ3v) is 2.77. The average Bonchev–Trinajstić information content (AvgIpc) is 2.32. The molecule has 1 fully saturated rings. The van der Waals surface area contributed by atoms with E-state index < -0.39 is 5.82 Å². The highest BCUT2D eigenvalue weighted by atomic mass is 19.1. The maximum Gasteiger partial charge on any atom is 0.331 e. The largest absolute Gasteiger partial charge is 0.331 e. The normalized spacial score (nSPS) is 16.6. The van der Waals surface area contributed by atoms with Gasteiger partial charge in [-0.2, -0.15) is 0 Å². The number of imide groups is 1. The lowest BCUT2D eigenvalue weighted by Gasteiger charge is -2.33. The third kappa shape index (κ3) is 2.13. The number of anilines is 1. The van der Waals surface area contributed by atoms with Crippen LogP contribution in [0.2, 0.25) is 0 Å². The van der Waals surface area contributed by atoms with Crippen LogP contribution >= 0.6 is 0 Å². The molecule has 0 N–H and O–H groups in total. The molecule has 1 aromatic carbocycles. The number of urea groups is 1. The van der Waals surface area contributed by atoms with Crippen molar-refractivity contribution in [2.24, 2.45) is 0 Å². The van der Waals surface area contributed by atoms with Crippen molar-refractivity contribution in [3.63, 3.8) is 0 Å². The van der Waals surface area contributed by atoms with Gasteiger partial charge in [0.2, 0.25) is 5.91 Å². The molecule has 1 aliphatic rings.